The first kappa shape index (κ1) is 7.93. The first-order valence-electron chi connectivity index (χ1n) is 2.66. The molecule has 0 heterocycles. The molecule has 0 atom stereocenters. The summed E-state index contributed by atoms with van der Waals surface area (Å²) in [6.45, 7) is 0. The second-order valence-corrected chi connectivity index (χ2v) is 2.70. The molecule has 0 fully saturated rings. The van der Waals surface area contributed by atoms with Crippen LogP contribution in [-0.4, -0.2) is 12.5 Å². The normalized spacial score (nSPS) is 9.50. The summed E-state index contributed by atoms with van der Waals surface area (Å²) in [7, 11) is 0.956. The lowest BCUT2D eigenvalue weighted by Crippen LogP contribution is -2.12. The fourth-order valence-corrected chi connectivity index (χ4v) is 1.19. The van der Waals surface area contributed by atoms with Crippen LogP contribution in [0.5, 0.6) is 0 Å². The van der Waals surface area contributed by atoms with Gasteiger partial charge in [-0.3, -0.25) is 0 Å². The molecule has 1 nitrogen and oxygen atoms in total. The topological polar surface area (TPSA) is 20.2 Å². The maximum atomic E-state index is 8.54. The third kappa shape index (κ3) is 1.91. The van der Waals surface area contributed by atoms with Crippen molar-refractivity contribution in [3.05, 3.63) is 28.2 Å². The van der Waals surface area contributed by atoms with Crippen LogP contribution in [0, 0.1) is 0 Å². The van der Waals surface area contributed by atoms with E-state index in [2.05, 4.69) is 0 Å². The summed E-state index contributed by atoms with van der Waals surface area (Å²) in [4.78, 5) is 0. The summed E-state index contributed by atoms with van der Waals surface area (Å²) in [5.74, 6) is 0. The molecular weight excluding hydrogens is 170 g/mol. The highest BCUT2D eigenvalue weighted by molar-refractivity contribution is 6.47. The SMILES string of the molecule is O[B]c1cc(Cl)cc(Cl)c1. The molecule has 0 aliphatic heterocycles. The van der Waals surface area contributed by atoms with Crippen LogP contribution < -0.4 is 5.46 Å². The Labute approximate surface area is 69.9 Å². The minimum Gasteiger partial charge on any atom is -0.450 e. The molecule has 1 aromatic rings. The summed E-state index contributed by atoms with van der Waals surface area (Å²) >= 11 is 11.2. The van der Waals surface area contributed by atoms with Gasteiger partial charge in [0.15, 0.2) is 0 Å². The molecule has 0 aromatic heterocycles. The molecule has 1 N–H and O–H groups in total. The Hall–Kier alpha value is -0.175. The predicted molar refractivity (Wildman–Crippen MR) is 44.1 cm³/mol. The second kappa shape index (κ2) is 3.29. The highest BCUT2D eigenvalue weighted by Gasteiger charge is 1.96. The van der Waals surface area contributed by atoms with Gasteiger partial charge in [0.05, 0.1) is 0 Å². The Morgan fingerprint density at radius 3 is 2.00 bits per heavy atom. The van der Waals surface area contributed by atoms with Crippen LogP contribution in [0.3, 0.4) is 0 Å². The van der Waals surface area contributed by atoms with E-state index in [0.29, 0.717) is 15.5 Å². The molecule has 1 radical (unpaired) electrons. The summed E-state index contributed by atoms with van der Waals surface area (Å²) in [6, 6.07) is 4.84. The molecule has 1 aromatic carbocycles. The number of benzene rings is 1. The highest BCUT2D eigenvalue weighted by Crippen LogP contribution is 2.12. The van der Waals surface area contributed by atoms with Gasteiger partial charge in [-0.2, -0.15) is 0 Å². The van der Waals surface area contributed by atoms with E-state index in [1.165, 1.54) is 0 Å². The first-order chi connectivity index (χ1) is 4.72. The van der Waals surface area contributed by atoms with E-state index in [-0.39, 0.29) is 0 Å². The van der Waals surface area contributed by atoms with Gasteiger partial charge >= 0.3 is 7.48 Å². The number of hydrogen-bond donors (Lipinski definition) is 1. The van der Waals surface area contributed by atoms with Gasteiger partial charge in [-0.05, 0) is 18.2 Å². The fourth-order valence-electron chi connectivity index (χ4n) is 0.650. The zero-order chi connectivity index (χ0) is 7.56. The average Bonchev–Trinajstić information content (AvgIpc) is 1.85. The van der Waals surface area contributed by atoms with E-state index in [4.69, 9.17) is 28.2 Å². The Morgan fingerprint density at radius 1 is 1.10 bits per heavy atom. The van der Waals surface area contributed by atoms with Crippen molar-refractivity contribution < 1.29 is 5.02 Å². The Kier molecular flexibility index (Phi) is 2.60. The Balaban J connectivity index is 3.06. The van der Waals surface area contributed by atoms with E-state index in [1.54, 1.807) is 18.2 Å². The largest absolute Gasteiger partial charge is 0.450 e. The van der Waals surface area contributed by atoms with E-state index < -0.39 is 0 Å². The maximum absolute atomic E-state index is 8.54. The van der Waals surface area contributed by atoms with Crippen LogP contribution in [-0.2, 0) is 0 Å². The van der Waals surface area contributed by atoms with Crippen molar-refractivity contribution in [3.63, 3.8) is 0 Å². The zero-order valence-corrected chi connectivity index (χ0v) is 6.52. The molecule has 0 spiro atoms. The molecule has 51 valence electrons. The van der Waals surface area contributed by atoms with Crippen LogP contribution in [0.25, 0.3) is 0 Å². The Bertz CT molecular complexity index is 219. The van der Waals surface area contributed by atoms with Crippen molar-refractivity contribution in [3.8, 4) is 0 Å². The van der Waals surface area contributed by atoms with Crippen molar-refractivity contribution >= 4 is 36.1 Å². The lowest BCUT2D eigenvalue weighted by atomic mass is 9.89. The number of rotatable bonds is 1. The van der Waals surface area contributed by atoms with E-state index in [0.717, 1.165) is 7.48 Å². The lowest BCUT2D eigenvalue weighted by Gasteiger charge is -1.95. The monoisotopic (exact) mass is 173 g/mol. The van der Waals surface area contributed by atoms with Gasteiger partial charge in [-0.1, -0.05) is 28.7 Å². The minimum absolute atomic E-state index is 0.521. The molecule has 0 saturated heterocycles. The zero-order valence-electron chi connectivity index (χ0n) is 5.01. The van der Waals surface area contributed by atoms with Gasteiger partial charge in [0.2, 0.25) is 0 Å². The van der Waals surface area contributed by atoms with Gasteiger partial charge in [0, 0.05) is 10.0 Å². The van der Waals surface area contributed by atoms with E-state index in [9.17, 15) is 0 Å². The second-order valence-electron chi connectivity index (χ2n) is 1.83. The number of hydrogen-bond acceptors (Lipinski definition) is 1. The van der Waals surface area contributed by atoms with Crippen LogP contribution in [0.1, 0.15) is 0 Å². The molecule has 0 saturated carbocycles. The minimum atomic E-state index is 0.521. The van der Waals surface area contributed by atoms with Gasteiger partial charge in [0.1, 0.15) is 0 Å². The van der Waals surface area contributed by atoms with Gasteiger partial charge in [-0.15, -0.1) is 0 Å². The Morgan fingerprint density at radius 2 is 1.60 bits per heavy atom. The standard InChI is InChI=1S/C6H4BCl2O/c8-5-1-4(7-10)2-6(9)3-5/h1-3,10H. The summed E-state index contributed by atoms with van der Waals surface area (Å²) in [6.07, 6.45) is 0. The lowest BCUT2D eigenvalue weighted by molar-refractivity contribution is 0.615. The molecule has 0 unspecified atom stereocenters. The van der Waals surface area contributed by atoms with Crippen LogP contribution in [0.4, 0.5) is 0 Å². The van der Waals surface area contributed by atoms with Crippen molar-refractivity contribution in [2.75, 3.05) is 0 Å². The van der Waals surface area contributed by atoms with Crippen molar-refractivity contribution in [1.82, 2.24) is 0 Å². The average molecular weight is 174 g/mol. The maximum Gasteiger partial charge on any atom is 0.326 e. The molecular formula is C6H4BCl2O. The van der Waals surface area contributed by atoms with Crippen LogP contribution in [0.15, 0.2) is 18.2 Å². The fraction of sp³-hybridized carbons (Fsp3) is 0. The molecule has 0 aliphatic rings. The first-order valence-corrected chi connectivity index (χ1v) is 3.41. The summed E-state index contributed by atoms with van der Waals surface area (Å²) in [5, 5.41) is 9.59. The third-order valence-electron chi connectivity index (χ3n) is 1.03. The summed E-state index contributed by atoms with van der Waals surface area (Å²) in [5.41, 5.74) is 0.609. The quantitative estimate of drug-likeness (QED) is 0.634. The van der Waals surface area contributed by atoms with Gasteiger partial charge in [-0.25, -0.2) is 0 Å². The third-order valence-corrected chi connectivity index (χ3v) is 1.47. The van der Waals surface area contributed by atoms with E-state index in [1.807, 2.05) is 0 Å². The predicted octanol–water partition coefficient (Wildman–Crippen LogP) is 1.23. The molecule has 4 heteroatoms. The summed E-state index contributed by atoms with van der Waals surface area (Å²) < 4.78 is 0. The van der Waals surface area contributed by atoms with Crippen LogP contribution >= 0.6 is 23.2 Å². The molecule has 0 amide bonds. The van der Waals surface area contributed by atoms with Gasteiger partial charge in [0.25, 0.3) is 0 Å². The van der Waals surface area contributed by atoms with Crippen molar-refractivity contribution in [1.29, 1.82) is 0 Å². The smallest absolute Gasteiger partial charge is 0.326 e. The molecule has 10 heavy (non-hydrogen) atoms. The van der Waals surface area contributed by atoms with Crippen molar-refractivity contribution in [2.45, 2.75) is 0 Å². The van der Waals surface area contributed by atoms with Gasteiger partial charge < -0.3 is 5.02 Å². The number of halogens is 2. The highest BCUT2D eigenvalue weighted by atomic mass is 35.5. The van der Waals surface area contributed by atoms with Crippen LogP contribution in [0.2, 0.25) is 10.0 Å². The molecule has 1 rings (SSSR count). The van der Waals surface area contributed by atoms with Crippen molar-refractivity contribution in [2.24, 2.45) is 0 Å². The molecule has 0 aliphatic carbocycles. The molecule has 0 bridgehead atoms. The van der Waals surface area contributed by atoms with E-state index >= 15 is 0 Å².